The number of carbonyl (C=O) groups is 2. The molecule has 1 amide bonds. The van der Waals surface area contributed by atoms with Crippen molar-refractivity contribution in [2.45, 2.75) is 25.7 Å². The van der Waals surface area contributed by atoms with Crippen molar-refractivity contribution in [2.24, 2.45) is 5.92 Å². The number of halogens is 1. The Hall–Kier alpha value is -0.880. The van der Waals surface area contributed by atoms with Crippen LogP contribution in [-0.4, -0.2) is 35.0 Å². The molecule has 1 aromatic heterocycles. The zero-order valence-corrected chi connectivity index (χ0v) is 13.0. The van der Waals surface area contributed by atoms with Crippen LogP contribution in [0.1, 0.15) is 30.6 Å². The average Bonchev–Trinajstić information content (AvgIpc) is 2.84. The van der Waals surface area contributed by atoms with Gasteiger partial charge in [-0.05, 0) is 47.8 Å². The van der Waals surface area contributed by atoms with Gasteiger partial charge in [0, 0.05) is 18.0 Å². The lowest BCUT2D eigenvalue weighted by atomic mass is 9.96. The lowest BCUT2D eigenvalue weighted by Gasteiger charge is -2.32. The molecule has 1 aliphatic heterocycles. The van der Waals surface area contributed by atoms with E-state index in [1.165, 1.54) is 0 Å². The summed E-state index contributed by atoms with van der Waals surface area (Å²) >= 11 is 4.94. The quantitative estimate of drug-likeness (QED) is 0.916. The summed E-state index contributed by atoms with van der Waals surface area (Å²) in [5.74, 6) is -1.40. The fourth-order valence-corrected chi connectivity index (χ4v) is 3.80. The maximum atomic E-state index is 12.4. The van der Waals surface area contributed by atoms with Crippen molar-refractivity contribution < 1.29 is 14.7 Å². The van der Waals surface area contributed by atoms with Crippen molar-refractivity contribution in [3.8, 4) is 0 Å². The van der Waals surface area contributed by atoms with Crippen LogP contribution in [0.4, 0.5) is 0 Å². The molecule has 19 heavy (non-hydrogen) atoms. The molecule has 1 aliphatic rings. The number of aliphatic carboxylic acids is 1. The third-order valence-corrected chi connectivity index (χ3v) is 5.28. The molecule has 2 atom stereocenters. The Morgan fingerprint density at radius 3 is 2.84 bits per heavy atom. The standard InChI is InChI=1S/C13H16BrNO3S/c1-8(10-4-5-11(14)19-10)12(16)15-6-2-3-9(7-15)13(17)18/h4-5,8-9H,2-3,6-7H2,1H3,(H,17,18)/t8-,9+/m0/s1. The van der Waals surface area contributed by atoms with Crippen molar-refractivity contribution >= 4 is 39.1 Å². The largest absolute Gasteiger partial charge is 0.481 e. The van der Waals surface area contributed by atoms with Crippen LogP contribution in [0.5, 0.6) is 0 Å². The molecule has 0 unspecified atom stereocenters. The Kier molecular flexibility index (Phi) is 4.62. The second-order valence-electron chi connectivity index (χ2n) is 4.83. The summed E-state index contributed by atoms with van der Waals surface area (Å²) < 4.78 is 1.00. The van der Waals surface area contributed by atoms with Gasteiger partial charge in [0.2, 0.25) is 5.91 Å². The maximum absolute atomic E-state index is 12.4. The highest BCUT2D eigenvalue weighted by Gasteiger charge is 2.31. The number of piperidine rings is 1. The van der Waals surface area contributed by atoms with E-state index in [1.54, 1.807) is 16.2 Å². The Bertz CT molecular complexity index is 488. The van der Waals surface area contributed by atoms with Gasteiger partial charge in [0.15, 0.2) is 0 Å². The Morgan fingerprint density at radius 2 is 2.26 bits per heavy atom. The minimum Gasteiger partial charge on any atom is -0.481 e. The first-order valence-electron chi connectivity index (χ1n) is 6.26. The molecule has 0 spiro atoms. The SMILES string of the molecule is C[C@H](C(=O)N1CCC[C@@H](C(=O)O)C1)c1ccc(Br)s1. The lowest BCUT2D eigenvalue weighted by molar-refractivity contribution is -0.146. The molecule has 1 saturated heterocycles. The topological polar surface area (TPSA) is 57.6 Å². The number of carbonyl (C=O) groups excluding carboxylic acids is 1. The molecule has 0 radical (unpaired) electrons. The maximum Gasteiger partial charge on any atom is 0.308 e. The highest BCUT2D eigenvalue weighted by molar-refractivity contribution is 9.11. The number of nitrogens with zero attached hydrogens (tertiary/aromatic N) is 1. The van der Waals surface area contributed by atoms with E-state index in [1.807, 2.05) is 19.1 Å². The van der Waals surface area contributed by atoms with E-state index in [2.05, 4.69) is 15.9 Å². The molecule has 0 bridgehead atoms. The van der Waals surface area contributed by atoms with E-state index in [4.69, 9.17) is 5.11 Å². The van der Waals surface area contributed by atoms with Crippen LogP contribution in [0.15, 0.2) is 15.9 Å². The third-order valence-electron chi connectivity index (χ3n) is 3.47. The van der Waals surface area contributed by atoms with Gasteiger partial charge in [-0.25, -0.2) is 0 Å². The Balaban J connectivity index is 2.04. The summed E-state index contributed by atoms with van der Waals surface area (Å²) in [6.45, 7) is 2.88. The van der Waals surface area contributed by atoms with Crippen LogP contribution < -0.4 is 0 Å². The van der Waals surface area contributed by atoms with Gasteiger partial charge in [-0.2, -0.15) is 0 Å². The summed E-state index contributed by atoms with van der Waals surface area (Å²) in [7, 11) is 0. The molecular weight excluding hydrogens is 330 g/mol. The van der Waals surface area contributed by atoms with Crippen molar-refractivity contribution in [2.75, 3.05) is 13.1 Å². The average molecular weight is 346 g/mol. The Labute approximate surface area is 124 Å². The highest BCUT2D eigenvalue weighted by atomic mass is 79.9. The zero-order chi connectivity index (χ0) is 14.0. The van der Waals surface area contributed by atoms with Crippen molar-refractivity contribution in [3.05, 3.63) is 20.8 Å². The van der Waals surface area contributed by atoms with Crippen LogP contribution in [0.3, 0.4) is 0 Å². The number of thiophene rings is 1. The number of hydrogen-bond acceptors (Lipinski definition) is 3. The molecule has 2 heterocycles. The van der Waals surface area contributed by atoms with Crippen molar-refractivity contribution in [1.82, 2.24) is 4.90 Å². The second-order valence-corrected chi connectivity index (χ2v) is 7.32. The molecule has 1 fully saturated rings. The predicted octanol–water partition coefficient (Wildman–Crippen LogP) is 2.94. The van der Waals surface area contributed by atoms with Gasteiger partial charge in [0.1, 0.15) is 0 Å². The number of hydrogen-bond donors (Lipinski definition) is 1. The van der Waals surface area contributed by atoms with Gasteiger partial charge < -0.3 is 10.0 Å². The second kappa shape index (κ2) is 6.05. The molecule has 104 valence electrons. The van der Waals surface area contributed by atoms with Crippen LogP contribution in [0.25, 0.3) is 0 Å². The van der Waals surface area contributed by atoms with Gasteiger partial charge in [-0.3, -0.25) is 9.59 Å². The van der Waals surface area contributed by atoms with Crippen LogP contribution in [0.2, 0.25) is 0 Å². The predicted molar refractivity (Wildman–Crippen MR) is 77.4 cm³/mol. The number of likely N-dealkylation sites (tertiary alicyclic amines) is 1. The van der Waals surface area contributed by atoms with Crippen LogP contribution in [0, 0.1) is 5.92 Å². The minimum atomic E-state index is -0.802. The van der Waals surface area contributed by atoms with Crippen molar-refractivity contribution in [3.63, 3.8) is 0 Å². The smallest absolute Gasteiger partial charge is 0.308 e. The summed E-state index contributed by atoms with van der Waals surface area (Å²) in [5, 5.41) is 9.05. The van der Waals surface area contributed by atoms with E-state index >= 15 is 0 Å². The van der Waals surface area contributed by atoms with Gasteiger partial charge in [0.05, 0.1) is 15.6 Å². The number of carboxylic acid groups (broad SMARTS) is 1. The van der Waals surface area contributed by atoms with E-state index < -0.39 is 11.9 Å². The fraction of sp³-hybridized carbons (Fsp3) is 0.538. The third kappa shape index (κ3) is 3.36. The molecule has 0 aliphatic carbocycles. The van der Waals surface area contributed by atoms with Gasteiger partial charge in [-0.15, -0.1) is 11.3 Å². The number of amides is 1. The first kappa shape index (κ1) is 14.5. The van der Waals surface area contributed by atoms with Crippen molar-refractivity contribution in [1.29, 1.82) is 0 Å². The number of carboxylic acids is 1. The summed E-state index contributed by atoms with van der Waals surface area (Å²) in [6, 6.07) is 3.87. The zero-order valence-electron chi connectivity index (χ0n) is 10.6. The number of rotatable bonds is 3. The van der Waals surface area contributed by atoms with E-state index in [0.29, 0.717) is 19.5 Å². The molecule has 0 saturated carbocycles. The lowest BCUT2D eigenvalue weighted by Crippen LogP contribution is -2.43. The molecule has 1 aromatic rings. The molecule has 6 heteroatoms. The fourth-order valence-electron chi connectivity index (χ4n) is 2.34. The minimum absolute atomic E-state index is 0.0281. The van der Waals surface area contributed by atoms with Gasteiger partial charge in [0.25, 0.3) is 0 Å². The Morgan fingerprint density at radius 1 is 1.53 bits per heavy atom. The first-order chi connectivity index (χ1) is 8.99. The van der Waals surface area contributed by atoms with E-state index in [9.17, 15) is 9.59 Å². The molecule has 4 nitrogen and oxygen atoms in total. The van der Waals surface area contributed by atoms with E-state index in [-0.39, 0.29) is 11.8 Å². The molecular formula is C13H16BrNO3S. The summed E-state index contributed by atoms with van der Waals surface area (Å²) in [4.78, 5) is 26.1. The summed E-state index contributed by atoms with van der Waals surface area (Å²) in [6.07, 6.45) is 1.43. The summed E-state index contributed by atoms with van der Waals surface area (Å²) in [5.41, 5.74) is 0. The van der Waals surface area contributed by atoms with E-state index in [0.717, 1.165) is 15.1 Å². The molecule has 0 aromatic carbocycles. The monoisotopic (exact) mass is 345 g/mol. The molecule has 1 N–H and O–H groups in total. The first-order valence-corrected chi connectivity index (χ1v) is 7.87. The van der Waals surface area contributed by atoms with Crippen LogP contribution >= 0.6 is 27.3 Å². The normalized spacial score (nSPS) is 21.2. The van der Waals surface area contributed by atoms with Crippen LogP contribution in [-0.2, 0) is 9.59 Å². The molecule has 2 rings (SSSR count). The van der Waals surface area contributed by atoms with Gasteiger partial charge in [-0.1, -0.05) is 0 Å². The van der Waals surface area contributed by atoms with Gasteiger partial charge >= 0.3 is 5.97 Å². The highest BCUT2D eigenvalue weighted by Crippen LogP contribution is 2.30.